The molecule has 1 aliphatic heterocycles. The zero-order valence-corrected chi connectivity index (χ0v) is 12.7. The lowest BCUT2D eigenvalue weighted by molar-refractivity contribution is -0.133. The van der Waals surface area contributed by atoms with Crippen LogP contribution in [0.5, 0.6) is 0 Å². The Hall–Kier alpha value is -1.06. The Labute approximate surface area is 125 Å². The Kier molecular flexibility index (Phi) is 3.74. The minimum atomic E-state index is -0.256. The van der Waals surface area contributed by atoms with Crippen LogP contribution in [0.3, 0.4) is 0 Å². The lowest BCUT2D eigenvalue weighted by atomic mass is 9.94. The Bertz CT molecular complexity index is 496. The maximum absolute atomic E-state index is 12.9. The Balaban J connectivity index is 1.77. The molecule has 0 atom stereocenters. The minimum absolute atomic E-state index is 0.256. The number of hydrogen-bond donors (Lipinski definition) is 0. The van der Waals surface area contributed by atoms with E-state index in [9.17, 15) is 4.79 Å². The van der Waals surface area contributed by atoms with Crippen LogP contribution in [0.15, 0.2) is 24.3 Å². The van der Waals surface area contributed by atoms with Gasteiger partial charge in [-0.2, -0.15) is 0 Å². The molecule has 3 rings (SSSR count). The number of carbonyl (C=O) groups excluding carboxylic acids is 1. The molecule has 1 amide bonds. The van der Waals surface area contributed by atoms with Crippen LogP contribution in [0, 0.1) is 0 Å². The largest absolute Gasteiger partial charge is 0.341 e. The normalized spacial score (nSPS) is 22.4. The number of rotatable bonds is 2. The predicted octanol–water partition coefficient (Wildman–Crippen LogP) is 2.54. The highest BCUT2D eigenvalue weighted by atomic mass is 35.5. The number of halogens is 1. The fraction of sp³-hybridized carbons (Fsp3) is 0.562. The third-order valence-electron chi connectivity index (χ3n) is 4.56. The van der Waals surface area contributed by atoms with Crippen molar-refractivity contribution in [3.05, 3.63) is 34.9 Å². The van der Waals surface area contributed by atoms with Crippen molar-refractivity contribution in [3.8, 4) is 0 Å². The molecule has 1 aromatic carbocycles. The Morgan fingerprint density at radius 3 is 2.45 bits per heavy atom. The highest BCUT2D eigenvalue weighted by Gasteiger charge is 2.52. The van der Waals surface area contributed by atoms with Gasteiger partial charge >= 0.3 is 0 Å². The van der Waals surface area contributed by atoms with Gasteiger partial charge < -0.3 is 9.80 Å². The van der Waals surface area contributed by atoms with Crippen LogP contribution in [0.25, 0.3) is 0 Å². The standard InChI is InChI=1S/C16H21ClN2O/c1-18-9-2-10-19(12-11-18)15(20)16(7-8-16)13-3-5-14(17)6-4-13/h3-6H,2,7-12H2,1H3. The number of likely N-dealkylation sites (N-methyl/N-ethyl adjacent to an activating group) is 1. The third-order valence-corrected chi connectivity index (χ3v) is 4.81. The Morgan fingerprint density at radius 2 is 1.80 bits per heavy atom. The molecular formula is C16H21ClN2O. The summed E-state index contributed by atoms with van der Waals surface area (Å²) in [6.07, 6.45) is 3.01. The molecule has 108 valence electrons. The first kappa shape index (κ1) is 13.9. The van der Waals surface area contributed by atoms with E-state index in [0.29, 0.717) is 5.91 Å². The van der Waals surface area contributed by atoms with Gasteiger partial charge in [-0.1, -0.05) is 23.7 Å². The highest BCUT2D eigenvalue weighted by molar-refractivity contribution is 6.30. The van der Waals surface area contributed by atoms with Gasteiger partial charge in [0.1, 0.15) is 0 Å². The first-order valence-electron chi connectivity index (χ1n) is 7.36. The summed E-state index contributed by atoms with van der Waals surface area (Å²) in [6, 6.07) is 7.80. The summed E-state index contributed by atoms with van der Waals surface area (Å²) in [4.78, 5) is 17.3. The molecule has 2 aliphatic rings. The molecule has 1 aromatic rings. The maximum Gasteiger partial charge on any atom is 0.233 e. The molecule has 4 heteroatoms. The van der Waals surface area contributed by atoms with Crippen molar-refractivity contribution in [2.24, 2.45) is 0 Å². The lowest BCUT2D eigenvalue weighted by Crippen LogP contribution is -2.41. The van der Waals surface area contributed by atoms with Crippen LogP contribution in [0.1, 0.15) is 24.8 Å². The summed E-state index contributed by atoms with van der Waals surface area (Å²) in [5.74, 6) is 0.315. The van der Waals surface area contributed by atoms with E-state index < -0.39 is 0 Å². The molecule has 1 saturated carbocycles. The maximum atomic E-state index is 12.9. The second-order valence-electron chi connectivity index (χ2n) is 6.04. The molecule has 20 heavy (non-hydrogen) atoms. The molecule has 0 unspecified atom stereocenters. The van der Waals surface area contributed by atoms with Gasteiger partial charge in [-0.3, -0.25) is 4.79 Å². The first-order chi connectivity index (χ1) is 9.62. The molecule has 3 nitrogen and oxygen atoms in total. The van der Waals surface area contributed by atoms with Crippen molar-refractivity contribution < 1.29 is 4.79 Å². The second-order valence-corrected chi connectivity index (χ2v) is 6.47. The van der Waals surface area contributed by atoms with Gasteiger partial charge in [0.2, 0.25) is 5.91 Å². The first-order valence-corrected chi connectivity index (χ1v) is 7.74. The summed E-state index contributed by atoms with van der Waals surface area (Å²) < 4.78 is 0. The van der Waals surface area contributed by atoms with Crippen LogP contribution in [-0.2, 0) is 10.2 Å². The molecule has 0 bridgehead atoms. The van der Waals surface area contributed by atoms with E-state index in [-0.39, 0.29) is 5.41 Å². The van der Waals surface area contributed by atoms with Gasteiger partial charge in [-0.15, -0.1) is 0 Å². The fourth-order valence-corrected chi connectivity index (χ4v) is 3.20. The zero-order valence-electron chi connectivity index (χ0n) is 11.9. The number of amides is 1. The van der Waals surface area contributed by atoms with Gasteiger partial charge in [0.15, 0.2) is 0 Å². The van der Waals surface area contributed by atoms with Crippen molar-refractivity contribution in [3.63, 3.8) is 0 Å². The SMILES string of the molecule is CN1CCCN(C(=O)C2(c3ccc(Cl)cc3)CC2)CC1. The van der Waals surface area contributed by atoms with E-state index in [1.54, 1.807) is 0 Å². The summed E-state index contributed by atoms with van der Waals surface area (Å²) in [5, 5.41) is 0.730. The fourth-order valence-electron chi connectivity index (χ4n) is 3.07. The van der Waals surface area contributed by atoms with Crippen molar-refractivity contribution >= 4 is 17.5 Å². The van der Waals surface area contributed by atoms with E-state index in [1.807, 2.05) is 24.3 Å². The van der Waals surface area contributed by atoms with Crippen LogP contribution in [0.2, 0.25) is 5.02 Å². The molecule has 1 aliphatic carbocycles. The smallest absolute Gasteiger partial charge is 0.233 e. The van der Waals surface area contributed by atoms with Crippen LogP contribution >= 0.6 is 11.6 Å². The van der Waals surface area contributed by atoms with E-state index in [0.717, 1.165) is 56.0 Å². The number of nitrogens with zero attached hydrogens (tertiary/aromatic N) is 2. The van der Waals surface area contributed by atoms with Gasteiger partial charge in [0.05, 0.1) is 5.41 Å². The highest BCUT2D eigenvalue weighted by Crippen LogP contribution is 2.49. The summed E-state index contributed by atoms with van der Waals surface area (Å²) in [5.41, 5.74) is 0.873. The quantitative estimate of drug-likeness (QED) is 0.836. The van der Waals surface area contributed by atoms with Gasteiger partial charge in [-0.05, 0) is 50.6 Å². The van der Waals surface area contributed by atoms with Crippen LogP contribution in [-0.4, -0.2) is 48.9 Å². The van der Waals surface area contributed by atoms with Crippen molar-refractivity contribution in [1.82, 2.24) is 9.80 Å². The van der Waals surface area contributed by atoms with Crippen molar-refractivity contribution in [1.29, 1.82) is 0 Å². The number of carbonyl (C=O) groups is 1. The average Bonchev–Trinajstić information content (AvgIpc) is 3.24. The van der Waals surface area contributed by atoms with Crippen molar-refractivity contribution in [2.45, 2.75) is 24.7 Å². The molecule has 1 heterocycles. The molecule has 0 N–H and O–H groups in total. The summed E-state index contributed by atoms with van der Waals surface area (Å²) >= 11 is 5.95. The summed E-state index contributed by atoms with van der Waals surface area (Å²) in [7, 11) is 2.13. The summed E-state index contributed by atoms with van der Waals surface area (Å²) in [6.45, 7) is 3.79. The van der Waals surface area contributed by atoms with Crippen LogP contribution < -0.4 is 0 Å². The monoisotopic (exact) mass is 292 g/mol. The second kappa shape index (κ2) is 5.38. The van der Waals surface area contributed by atoms with Gasteiger partial charge in [0.25, 0.3) is 0 Å². The number of benzene rings is 1. The molecule has 1 saturated heterocycles. The molecule has 0 spiro atoms. The van der Waals surface area contributed by atoms with Crippen LogP contribution in [0.4, 0.5) is 0 Å². The van der Waals surface area contributed by atoms with Gasteiger partial charge in [0, 0.05) is 24.7 Å². The van der Waals surface area contributed by atoms with E-state index >= 15 is 0 Å². The topological polar surface area (TPSA) is 23.6 Å². The number of hydrogen-bond acceptors (Lipinski definition) is 2. The molecular weight excluding hydrogens is 272 g/mol. The van der Waals surface area contributed by atoms with E-state index in [4.69, 9.17) is 11.6 Å². The third kappa shape index (κ3) is 2.57. The lowest BCUT2D eigenvalue weighted by Gasteiger charge is -2.26. The predicted molar refractivity (Wildman–Crippen MR) is 81.1 cm³/mol. The molecule has 0 radical (unpaired) electrons. The van der Waals surface area contributed by atoms with Gasteiger partial charge in [-0.25, -0.2) is 0 Å². The van der Waals surface area contributed by atoms with E-state index in [1.165, 1.54) is 0 Å². The zero-order chi connectivity index (χ0) is 14.2. The van der Waals surface area contributed by atoms with Crippen molar-refractivity contribution in [2.75, 3.05) is 33.2 Å². The average molecular weight is 293 g/mol. The Morgan fingerprint density at radius 1 is 1.10 bits per heavy atom. The minimum Gasteiger partial charge on any atom is -0.341 e. The molecule has 2 fully saturated rings. The van der Waals surface area contributed by atoms with E-state index in [2.05, 4.69) is 16.8 Å². The molecule has 0 aromatic heterocycles.